The summed E-state index contributed by atoms with van der Waals surface area (Å²) in [5.41, 5.74) is 0.142. The minimum Gasteiger partial charge on any atom is -0.385 e. The van der Waals surface area contributed by atoms with Crippen LogP contribution in [0.4, 0.5) is 0 Å². The molecule has 2 aliphatic rings. The molecular formula is C14H27N3O. The zero-order chi connectivity index (χ0) is 12.8. The molecule has 0 radical (unpaired) electrons. The van der Waals surface area contributed by atoms with Crippen LogP contribution < -0.4 is 10.6 Å². The predicted octanol–water partition coefficient (Wildman–Crippen LogP) is 1.56. The fourth-order valence-corrected chi connectivity index (χ4v) is 3.27. The number of ether oxygens (including phenoxy) is 1. The zero-order valence-electron chi connectivity index (χ0n) is 11.8. The summed E-state index contributed by atoms with van der Waals surface area (Å²) >= 11 is 0. The molecule has 1 fully saturated rings. The molecule has 1 aliphatic heterocycles. The monoisotopic (exact) mass is 253 g/mol. The summed E-state index contributed by atoms with van der Waals surface area (Å²) in [6.45, 7) is 6.07. The highest BCUT2D eigenvalue weighted by molar-refractivity contribution is 5.92. The summed E-state index contributed by atoms with van der Waals surface area (Å²) in [6.07, 6.45) is 6.17. The predicted molar refractivity (Wildman–Crippen MR) is 75.2 cm³/mol. The molecule has 1 heterocycles. The summed E-state index contributed by atoms with van der Waals surface area (Å²) in [5.74, 6) is 2.01. The van der Waals surface area contributed by atoms with Crippen LogP contribution in [-0.4, -0.2) is 44.7 Å². The van der Waals surface area contributed by atoms with Crippen LogP contribution in [-0.2, 0) is 4.74 Å². The Morgan fingerprint density at radius 1 is 1.56 bits per heavy atom. The van der Waals surface area contributed by atoms with Gasteiger partial charge >= 0.3 is 0 Å². The number of amidine groups is 1. The second-order valence-corrected chi connectivity index (χ2v) is 5.71. The van der Waals surface area contributed by atoms with E-state index in [9.17, 15) is 0 Å². The molecule has 0 aromatic rings. The molecule has 1 aliphatic carbocycles. The maximum atomic E-state index is 5.09. The minimum absolute atomic E-state index is 0.142. The highest BCUT2D eigenvalue weighted by Crippen LogP contribution is 2.33. The fraction of sp³-hybridized carbons (Fsp3) is 0.929. The first-order valence-electron chi connectivity index (χ1n) is 7.29. The van der Waals surface area contributed by atoms with Gasteiger partial charge in [0.05, 0.1) is 12.1 Å². The van der Waals surface area contributed by atoms with E-state index < -0.39 is 0 Å². The van der Waals surface area contributed by atoms with Crippen LogP contribution in [0.5, 0.6) is 0 Å². The van der Waals surface area contributed by atoms with E-state index in [1.807, 2.05) is 0 Å². The summed E-state index contributed by atoms with van der Waals surface area (Å²) in [7, 11) is 1.75. The standard InChI is InChI=1S/C14H27N3O/c1-12-5-3-6-14(11-12)13(16-8-9-17-14)15-7-4-10-18-2/h12,17H,3-11H2,1-2H3,(H,15,16). The molecule has 104 valence electrons. The van der Waals surface area contributed by atoms with Gasteiger partial charge in [0.2, 0.25) is 0 Å². The number of rotatable bonds is 4. The van der Waals surface area contributed by atoms with Crippen molar-refractivity contribution in [3.8, 4) is 0 Å². The molecule has 0 aromatic carbocycles. The van der Waals surface area contributed by atoms with Crippen molar-refractivity contribution in [2.45, 2.75) is 44.6 Å². The summed E-state index contributed by atoms with van der Waals surface area (Å²) in [5, 5.41) is 7.28. The van der Waals surface area contributed by atoms with Gasteiger partial charge in [-0.25, -0.2) is 0 Å². The second-order valence-electron chi connectivity index (χ2n) is 5.71. The van der Waals surface area contributed by atoms with Crippen molar-refractivity contribution in [2.75, 3.05) is 33.4 Å². The SMILES string of the molecule is COCCCNC1=NCCNC12CCCC(C)C2. The lowest BCUT2D eigenvalue weighted by atomic mass is 9.75. The third kappa shape index (κ3) is 3.23. The Morgan fingerprint density at radius 3 is 3.22 bits per heavy atom. The minimum atomic E-state index is 0.142. The Bertz CT molecular complexity index is 293. The number of hydrogen-bond donors (Lipinski definition) is 2. The molecule has 2 rings (SSSR count). The Morgan fingerprint density at radius 2 is 2.44 bits per heavy atom. The van der Waals surface area contributed by atoms with E-state index in [0.717, 1.165) is 38.6 Å². The molecule has 1 saturated carbocycles. The Balaban J connectivity index is 1.94. The highest BCUT2D eigenvalue weighted by Gasteiger charge is 2.40. The van der Waals surface area contributed by atoms with Crippen molar-refractivity contribution >= 4 is 5.84 Å². The first-order chi connectivity index (χ1) is 8.77. The molecule has 0 bridgehead atoms. The molecule has 2 N–H and O–H groups in total. The van der Waals surface area contributed by atoms with Crippen LogP contribution in [0.3, 0.4) is 0 Å². The molecule has 1 spiro atoms. The first-order valence-corrected chi connectivity index (χ1v) is 7.29. The number of hydrogen-bond acceptors (Lipinski definition) is 4. The van der Waals surface area contributed by atoms with E-state index in [4.69, 9.17) is 9.73 Å². The smallest absolute Gasteiger partial charge is 0.117 e. The van der Waals surface area contributed by atoms with Gasteiger partial charge < -0.3 is 15.4 Å². The Labute approximate surface area is 111 Å². The lowest BCUT2D eigenvalue weighted by molar-refractivity contribution is 0.194. The zero-order valence-corrected chi connectivity index (χ0v) is 11.8. The molecule has 0 amide bonds. The molecule has 2 unspecified atom stereocenters. The van der Waals surface area contributed by atoms with E-state index in [0.29, 0.717) is 0 Å². The van der Waals surface area contributed by atoms with E-state index >= 15 is 0 Å². The van der Waals surface area contributed by atoms with Crippen molar-refractivity contribution in [3.63, 3.8) is 0 Å². The molecule has 0 aromatic heterocycles. The average Bonchev–Trinajstić information content (AvgIpc) is 2.37. The summed E-state index contributed by atoms with van der Waals surface area (Å²) < 4.78 is 5.09. The van der Waals surface area contributed by atoms with Gasteiger partial charge in [0.1, 0.15) is 5.84 Å². The first kappa shape index (κ1) is 13.8. The normalized spacial score (nSPS) is 32.3. The highest BCUT2D eigenvalue weighted by atomic mass is 16.5. The Hall–Kier alpha value is -0.610. The van der Waals surface area contributed by atoms with Crippen molar-refractivity contribution in [1.29, 1.82) is 0 Å². The van der Waals surface area contributed by atoms with E-state index in [1.54, 1.807) is 7.11 Å². The average molecular weight is 253 g/mol. The lowest BCUT2D eigenvalue weighted by Gasteiger charge is -2.44. The summed E-state index contributed by atoms with van der Waals surface area (Å²) in [4.78, 5) is 4.74. The number of nitrogens with zero attached hydrogens (tertiary/aromatic N) is 1. The topological polar surface area (TPSA) is 45.6 Å². The van der Waals surface area contributed by atoms with Gasteiger partial charge in [0.15, 0.2) is 0 Å². The molecule has 4 nitrogen and oxygen atoms in total. The van der Waals surface area contributed by atoms with Gasteiger partial charge in [-0.15, -0.1) is 0 Å². The number of aliphatic imine (C=N–C) groups is 1. The summed E-state index contributed by atoms with van der Waals surface area (Å²) in [6, 6.07) is 0. The molecule has 18 heavy (non-hydrogen) atoms. The van der Waals surface area contributed by atoms with Crippen LogP contribution >= 0.6 is 0 Å². The largest absolute Gasteiger partial charge is 0.385 e. The van der Waals surface area contributed by atoms with Crippen molar-refractivity contribution in [1.82, 2.24) is 10.6 Å². The number of methoxy groups -OCH3 is 1. The van der Waals surface area contributed by atoms with Gasteiger partial charge in [-0.3, -0.25) is 4.99 Å². The van der Waals surface area contributed by atoms with Crippen molar-refractivity contribution in [3.05, 3.63) is 0 Å². The van der Waals surface area contributed by atoms with Crippen LogP contribution in [0.1, 0.15) is 39.0 Å². The van der Waals surface area contributed by atoms with Crippen molar-refractivity contribution in [2.24, 2.45) is 10.9 Å². The van der Waals surface area contributed by atoms with Gasteiger partial charge in [0, 0.05) is 26.8 Å². The second kappa shape index (κ2) is 6.53. The molecule has 4 heteroatoms. The third-order valence-corrected chi connectivity index (χ3v) is 4.11. The van der Waals surface area contributed by atoms with Gasteiger partial charge in [-0.05, 0) is 25.2 Å². The van der Waals surface area contributed by atoms with Gasteiger partial charge in [-0.2, -0.15) is 0 Å². The third-order valence-electron chi connectivity index (χ3n) is 4.11. The van der Waals surface area contributed by atoms with E-state index in [1.165, 1.54) is 31.5 Å². The maximum absolute atomic E-state index is 5.09. The van der Waals surface area contributed by atoms with Gasteiger partial charge in [-0.1, -0.05) is 19.8 Å². The van der Waals surface area contributed by atoms with E-state index in [2.05, 4.69) is 17.6 Å². The van der Waals surface area contributed by atoms with Gasteiger partial charge in [0.25, 0.3) is 0 Å². The Kier molecular flexibility index (Phi) is 5.01. The fourth-order valence-electron chi connectivity index (χ4n) is 3.27. The number of nitrogens with one attached hydrogen (secondary N) is 2. The quantitative estimate of drug-likeness (QED) is 0.748. The molecule has 0 saturated heterocycles. The van der Waals surface area contributed by atoms with Crippen LogP contribution in [0.15, 0.2) is 4.99 Å². The molecule has 2 atom stereocenters. The van der Waals surface area contributed by atoms with Crippen LogP contribution in [0.2, 0.25) is 0 Å². The van der Waals surface area contributed by atoms with E-state index in [-0.39, 0.29) is 5.54 Å². The lowest BCUT2D eigenvalue weighted by Crippen LogP contribution is -2.62. The van der Waals surface area contributed by atoms with Crippen LogP contribution in [0.25, 0.3) is 0 Å². The maximum Gasteiger partial charge on any atom is 0.117 e. The van der Waals surface area contributed by atoms with Crippen LogP contribution in [0, 0.1) is 5.92 Å². The molecular weight excluding hydrogens is 226 g/mol. The van der Waals surface area contributed by atoms with Crippen molar-refractivity contribution < 1.29 is 4.74 Å².